The standard InChI is InChI=1S/C15H19Br2N3/c1-8-10-4-2-3-9-7-11(10)14(13(17)12(8)16)20-15(9)19-6-5-18/h9H,2-7,18H2,1H3,(H,19,20). The van der Waals surface area contributed by atoms with Crippen LogP contribution in [0, 0.1) is 12.8 Å². The molecular weight excluding hydrogens is 382 g/mol. The second kappa shape index (κ2) is 5.78. The molecule has 0 saturated carbocycles. The molecule has 1 heterocycles. The normalized spacial score (nSPS) is 22.6. The fourth-order valence-electron chi connectivity index (χ4n) is 3.30. The van der Waals surface area contributed by atoms with Crippen molar-refractivity contribution in [1.29, 1.82) is 0 Å². The number of amidine groups is 1. The SMILES string of the molecule is Cc1c(Br)c(Br)c2c3c1CCCC(C3)C(=NCCN)N2. The van der Waals surface area contributed by atoms with Gasteiger partial charge < -0.3 is 11.1 Å². The average Bonchev–Trinajstić information content (AvgIpc) is 2.65. The molecule has 1 unspecified atom stereocenters. The first kappa shape index (κ1) is 14.5. The van der Waals surface area contributed by atoms with E-state index in [-0.39, 0.29) is 0 Å². The van der Waals surface area contributed by atoms with Crippen molar-refractivity contribution in [3.8, 4) is 0 Å². The van der Waals surface area contributed by atoms with Gasteiger partial charge in [-0.3, -0.25) is 4.99 Å². The van der Waals surface area contributed by atoms with Crippen LogP contribution < -0.4 is 11.1 Å². The summed E-state index contributed by atoms with van der Waals surface area (Å²) in [5.41, 5.74) is 11.2. The number of nitrogens with zero attached hydrogens (tertiary/aromatic N) is 1. The molecule has 3 rings (SSSR count). The van der Waals surface area contributed by atoms with Crippen molar-refractivity contribution in [3.63, 3.8) is 0 Å². The number of hydrogen-bond acceptors (Lipinski definition) is 2. The fraction of sp³-hybridized carbons (Fsp3) is 0.533. The summed E-state index contributed by atoms with van der Waals surface area (Å²) in [7, 11) is 0. The van der Waals surface area contributed by atoms with Crippen LogP contribution in [-0.2, 0) is 12.8 Å². The van der Waals surface area contributed by atoms with Gasteiger partial charge in [0.25, 0.3) is 0 Å². The van der Waals surface area contributed by atoms with Crippen molar-refractivity contribution >= 4 is 43.4 Å². The predicted molar refractivity (Wildman–Crippen MR) is 91.7 cm³/mol. The highest BCUT2D eigenvalue weighted by Gasteiger charge is 2.31. The second-order valence-electron chi connectivity index (χ2n) is 5.56. The number of fused-ring (bicyclic) bond motifs is 1. The maximum atomic E-state index is 5.59. The Bertz CT molecular complexity index is 581. The summed E-state index contributed by atoms with van der Waals surface area (Å²) in [5, 5.41) is 3.57. The van der Waals surface area contributed by atoms with Crippen LogP contribution in [0.15, 0.2) is 13.9 Å². The van der Waals surface area contributed by atoms with E-state index in [1.807, 2.05) is 0 Å². The maximum Gasteiger partial charge on any atom is 0.104 e. The molecule has 0 saturated heterocycles. The van der Waals surface area contributed by atoms with E-state index < -0.39 is 0 Å². The van der Waals surface area contributed by atoms with E-state index >= 15 is 0 Å². The van der Waals surface area contributed by atoms with E-state index in [1.54, 1.807) is 0 Å². The van der Waals surface area contributed by atoms with E-state index in [2.05, 4.69) is 49.1 Å². The van der Waals surface area contributed by atoms with Crippen LogP contribution in [0.25, 0.3) is 0 Å². The van der Waals surface area contributed by atoms with Gasteiger partial charge in [0.2, 0.25) is 0 Å². The van der Waals surface area contributed by atoms with Crippen molar-refractivity contribution in [2.24, 2.45) is 16.6 Å². The van der Waals surface area contributed by atoms with Crippen LogP contribution in [-0.4, -0.2) is 18.9 Å². The van der Waals surface area contributed by atoms with Gasteiger partial charge in [-0.25, -0.2) is 0 Å². The van der Waals surface area contributed by atoms with E-state index in [0.29, 0.717) is 19.0 Å². The Labute approximate surface area is 136 Å². The Hall–Kier alpha value is -0.390. The van der Waals surface area contributed by atoms with Gasteiger partial charge in [-0.2, -0.15) is 0 Å². The van der Waals surface area contributed by atoms with Crippen molar-refractivity contribution in [3.05, 3.63) is 25.6 Å². The van der Waals surface area contributed by atoms with Gasteiger partial charge >= 0.3 is 0 Å². The van der Waals surface area contributed by atoms with Gasteiger partial charge in [0, 0.05) is 16.9 Å². The molecule has 0 amide bonds. The van der Waals surface area contributed by atoms with Gasteiger partial charge in [-0.15, -0.1) is 0 Å². The van der Waals surface area contributed by atoms with Crippen molar-refractivity contribution in [2.75, 3.05) is 18.4 Å². The number of hydrogen-bond donors (Lipinski definition) is 2. The van der Waals surface area contributed by atoms with Gasteiger partial charge in [-0.1, -0.05) is 0 Å². The minimum Gasteiger partial charge on any atom is -0.343 e. The van der Waals surface area contributed by atoms with Gasteiger partial charge in [-0.05, 0) is 81.2 Å². The zero-order valence-corrected chi connectivity index (χ0v) is 14.8. The monoisotopic (exact) mass is 399 g/mol. The third-order valence-corrected chi connectivity index (χ3v) is 6.66. The quantitative estimate of drug-likeness (QED) is 0.793. The molecule has 0 spiro atoms. The average molecular weight is 401 g/mol. The lowest BCUT2D eigenvalue weighted by Crippen LogP contribution is -2.31. The number of anilines is 1. The van der Waals surface area contributed by atoms with Crippen molar-refractivity contribution in [1.82, 2.24) is 0 Å². The molecule has 3 nitrogen and oxygen atoms in total. The molecule has 1 aromatic carbocycles. The molecule has 1 aliphatic carbocycles. The topological polar surface area (TPSA) is 50.4 Å². The number of nitrogens with two attached hydrogens (primary N) is 1. The minimum atomic E-state index is 0.530. The molecule has 0 aromatic heterocycles. The zero-order valence-electron chi connectivity index (χ0n) is 11.6. The van der Waals surface area contributed by atoms with Crippen LogP contribution in [0.4, 0.5) is 5.69 Å². The fourth-order valence-corrected chi connectivity index (χ4v) is 4.37. The number of nitrogens with one attached hydrogen (secondary N) is 1. The summed E-state index contributed by atoms with van der Waals surface area (Å²) in [6, 6.07) is 0. The Kier molecular flexibility index (Phi) is 4.20. The van der Waals surface area contributed by atoms with Crippen LogP contribution >= 0.6 is 31.9 Å². The molecule has 0 fully saturated rings. The molecule has 1 aliphatic heterocycles. The van der Waals surface area contributed by atoms with E-state index in [4.69, 9.17) is 5.73 Å². The van der Waals surface area contributed by atoms with E-state index in [0.717, 1.165) is 21.2 Å². The summed E-state index contributed by atoms with van der Waals surface area (Å²) < 4.78 is 2.28. The van der Waals surface area contributed by atoms with Gasteiger partial charge in [0.15, 0.2) is 0 Å². The highest BCUT2D eigenvalue weighted by atomic mass is 79.9. The third kappa shape index (κ3) is 2.34. The van der Waals surface area contributed by atoms with Gasteiger partial charge in [0.1, 0.15) is 5.84 Å². The first-order valence-electron chi connectivity index (χ1n) is 7.14. The number of aliphatic imine (C=N–C) groups is 1. The third-order valence-electron chi connectivity index (χ3n) is 4.34. The molecule has 0 radical (unpaired) electrons. The molecule has 3 N–H and O–H groups in total. The predicted octanol–water partition coefficient (Wildman–Crippen LogP) is 3.80. The first-order chi connectivity index (χ1) is 9.63. The first-order valence-corrected chi connectivity index (χ1v) is 8.72. The molecule has 1 atom stereocenters. The molecule has 108 valence electrons. The maximum absolute atomic E-state index is 5.59. The summed E-state index contributed by atoms with van der Waals surface area (Å²) in [4.78, 5) is 4.66. The zero-order chi connectivity index (χ0) is 14.3. The molecule has 1 aromatic rings. The Morgan fingerprint density at radius 3 is 2.85 bits per heavy atom. The van der Waals surface area contributed by atoms with E-state index in [9.17, 15) is 0 Å². The highest BCUT2D eigenvalue weighted by Crippen LogP contribution is 2.45. The summed E-state index contributed by atoms with van der Waals surface area (Å²) >= 11 is 7.45. The summed E-state index contributed by atoms with van der Waals surface area (Å²) in [5.74, 6) is 1.65. The highest BCUT2D eigenvalue weighted by molar-refractivity contribution is 9.13. The summed E-state index contributed by atoms with van der Waals surface area (Å²) in [6.45, 7) is 3.52. The largest absolute Gasteiger partial charge is 0.343 e. The van der Waals surface area contributed by atoms with Crippen LogP contribution in [0.5, 0.6) is 0 Å². The number of benzene rings is 1. The van der Waals surface area contributed by atoms with Crippen LogP contribution in [0.1, 0.15) is 29.5 Å². The molecule has 20 heavy (non-hydrogen) atoms. The van der Waals surface area contributed by atoms with Gasteiger partial charge in [0.05, 0.1) is 16.7 Å². The van der Waals surface area contributed by atoms with Crippen molar-refractivity contribution < 1.29 is 0 Å². The smallest absolute Gasteiger partial charge is 0.104 e. The van der Waals surface area contributed by atoms with Crippen LogP contribution in [0.3, 0.4) is 0 Å². The lowest BCUT2D eigenvalue weighted by atomic mass is 9.89. The summed E-state index contributed by atoms with van der Waals surface area (Å²) in [6.07, 6.45) is 4.71. The van der Waals surface area contributed by atoms with E-state index in [1.165, 1.54) is 41.6 Å². The minimum absolute atomic E-state index is 0.530. The Balaban J connectivity index is 2.14. The number of halogens is 2. The Morgan fingerprint density at radius 1 is 1.30 bits per heavy atom. The lowest BCUT2D eigenvalue weighted by molar-refractivity contribution is 0.604. The van der Waals surface area contributed by atoms with Crippen molar-refractivity contribution in [2.45, 2.75) is 32.6 Å². The lowest BCUT2D eigenvalue weighted by Gasteiger charge is -2.29. The van der Waals surface area contributed by atoms with Crippen LogP contribution in [0.2, 0.25) is 0 Å². The second-order valence-corrected chi connectivity index (χ2v) is 7.14. The molecule has 5 heteroatoms. The molecular formula is C15H19Br2N3. The Morgan fingerprint density at radius 2 is 2.10 bits per heavy atom. The number of rotatable bonds is 2. The molecule has 2 aliphatic rings. The molecule has 2 bridgehead atoms.